The zero-order valence-electron chi connectivity index (χ0n) is 15.7. The van der Waals surface area contributed by atoms with E-state index >= 15 is 0 Å². The van der Waals surface area contributed by atoms with E-state index in [1.54, 1.807) is 0 Å². The van der Waals surface area contributed by atoms with Crippen LogP contribution in [-0.2, 0) is 19.6 Å². The summed E-state index contributed by atoms with van der Waals surface area (Å²) in [6.45, 7) is 16.0. The topological polar surface area (TPSA) is 40.6 Å². The van der Waals surface area contributed by atoms with Gasteiger partial charge in [0.25, 0.3) is 0 Å². The van der Waals surface area contributed by atoms with Crippen molar-refractivity contribution < 1.29 is 19.6 Å². The molecule has 0 aliphatic carbocycles. The first-order valence-corrected chi connectivity index (χ1v) is 8.44. The van der Waals surface area contributed by atoms with Crippen LogP contribution in [0.5, 0.6) is 0 Å². The summed E-state index contributed by atoms with van der Waals surface area (Å²) in [5.41, 5.74) is 0.0881. The largest absolute Gasteiger partial charge is 0.358 e. The maximum absolute atomic E-state index is 4.44. The van der Waals surface area contributed by atoms with Crippen LogP contribution < -0.4 is 0 Å². The molecule has 0 aromatic carbocycles. The van der Waals surface area contributed by atoms with Crippen molar-refractivity contribution in [1.82, 2.24) is 0 Å². The Balaban J connectivity index is -0.000000179. The van der Waals surface area contributed by atoms with Gasteiger partial charge in [-0.25, -0.2) is 12.4 Å². The molecule has 0 aliphatic heterocycles. The molecule has 0 fully saturated rings. The average molecular weight is 467 g/mol. The molecule has 0 atom stereocenters. The van der Waals surface area contributed by atoms with Crippen LogP contribution in [0.3, 0.4) is 0 Å². The molecule has 3 nitrogen and oxygen atoms in total. The molecule has 130 valence electrons. The summed E-state index contributed by atoms with van der Waals surface area (Å²) in [5, 5.41) is 8.88. The second kappa shape index (κ2) is 16.2. The third kappa shape index (κ3) is 22.3. The summed E-state index contributed by atoms with van der Waals surface area (Å²) in [7, 11) is 0. The van der Waals surface area contributed by atoms with Crippen molar-refractivity contribution in [3.8, 4) is 0 Å². The van der Waals surface area contributed by atoms with E-state index in [1.807, 2.05) is 12.4 Å². The zero-order chi connectivity index (χ0) is 15.4. The molecule has 0 aliphatic rings. The molecule has 0 saturated heterocycles. The Morgan fingerprint density at radius 1 is 0.857 bits per heavy atom. The van der Waals surface area contributed by atoms with E-state index in [1.165, 1.54) is 26.1 Å². The summed E-state index contributed by atoms with van der Waals surface area (Å²) < 4.78 is 3.94. The van der Waals surface area contributed by atoms with E-state index in [9.17, 15) is 0 Å². The minimum Gasteiger partial charge on any atom is -0.358 e. The molecule has 0 rings (SSSR count). The molecule has 0 aromatic rings. The van der Waals surface area contributed by atoms with Crippen molar-refractivity contribution in [2.24, 2.45) is 3.50 Å². The van der Waals surface area contributed by atoms with E-state index in [0.717, 1.165) is 19.4 Å². The van der Waals surface area contributed by atoms with Crippen molar-refractivity contribution in [2.75, 3.05) is 6.54 Å². The van der Waals surface area contributed by atoms with Crippen molar-refractivity contribution in [3.63, 3.8) is 0 Å². The molecule has 0 bridgehead atoms. The average Bonchev–Trinajstić information content (AvgIpc) is 2.37. The standard InChI is InChI=1S/C12H24N2.C3H7N.2CH3.W/c1-7-11(3,4)13-9-10-14-12(5,6)8-2;1-2-3-4;;;/h9-10H,7-8H2,1-6H3;2-3H2,1H3;2*1H3;/q-2;;2*-1;/b10-9-;;;;. The number of nitrogens with zero attached hydrogens (tertiary/aromatic N) is 3. The molecule has 0 N–H and O–H groups in total. The fourth-order valence-electron chi connectivity index (χ4n) is 0.744. The van der Waals surface area contributed by atoms with Crippen molar-refractivity contribution in [3.05, 3.63) is 37.9 Å². The van der Waals surface area contributed by atoms with Crippen LogP contribution in [0.15, 0.2) is 15.9 Å². The van der Waals surface area contributed by atoms with Gasteiger partial charge >= 0.3 is 43.0 Å². The van der Waals surface area contributed by atoms with E-state index in [2.05, 4.69) is 62.6 Å². The molecular weight excluding hydrogens is 430 g/mol. The van der Waals surface area contributed by atoms with Crippen molar-refractivity contribution >= 4 is 0 Å². The van der Waals surface area contributed by atoms with Gasteiger partial charge < -0.3 is 25.5 Å². The summed E-state index contributed by atoms with van der Waals surface area (Å²) >= 11 is 1.35. The van der Waals surface area contributed by atoms with Gasteiger partial charge in [0.1, 0.15) is 0 Å². The van der Waals surface area contributed by atoms with E-state index in [4.69, 9.17) is 0 Å². The Hall–Kier alpha value is -0.172. The summed E-state index contributed by atoms with van der Waals surface area (Å²) in [6, 6.07) is 0. The second-order valence-corrected chi connectivity index (χ2v) is 6.67. The molecule has 0 amide bonds. The first-order chi connectivity index (χ1) is 8.74. The van der Waals surface area contributed by atoms with Gasteiger partial charge in [-0.1, -0.05) is 54.4 Å². The first-order valence-electron chi connectivity index (χ1n) is 7.12. The molecule has 0 spiro atoms. The molecule has 0 heterocycles. The quantitative estimate of drug-likeness (QED) is 0.361. The van der Waals surface area contributed by atoms with Gasteiger partial charge in [0.05, 0.1) is 0 Å². The van der Waals surface area contributed by atoms with E-state index < -0.39 is 0 Å². The summed E-state index contributed by atoms with van der Waals surface area (Å²) in [4.78, 5) is 0. The molecular formula is C17H37N3W-4. The van der Waals surface area contributed by atoms with Crippen LogP contribution in [0.1, 0.15) is 67.7 Å². The van der Waals surface area contributed by atoms with Crippen molar-refractivity contribution in [1.29, 1.82) is 0 Å². The van der Waals surface area contributed by atoms with Crippen LogP contribution in [0.2, 0.25) is 0 Å². The molecule has 4 heteroatoms. The smallest absolute Gasteiger partial charge is 0.358 e. The minimum atomic E-state index is 0. The molecule has 0 unspecified atom stereocenters. The number of rotatable bonds is 8. The van der Waals surface area contributed by atoms with E-state index in [-0.39, 0.29) is 25.9 Å². The first kappa shape index (κ1) is 28.9. The van der Waals surface area contributed by atoms with Crippen LogP contribution in [0.25, 0.3) is 10.6 Å². The van der Waals surface area contributed by atoms with Gasteiger partial charge in [0.2, 0.25) is 0 Å². The predicted octanol–water partition coefficient (Wildman–Crippen LogP) is 6.61. The van der Waals surface area contributed by atoms with Gasteiger partial charge in [-0.05, 0) is 0 Å². The summed E-state index contributed by atoms with van der Waals surface area (Å²) in [6.07, 6.45) is 6.94. The van der Waals surface area contributed by atoms with Crippen LogP contribution in [0.4, 0.5) is 0 Å². The second-order valence-electron chi connectivity index (χ2n) is 5.74. The third-order valence-corrected chi connectivity index (χ3v) is 3.62. The third-order valence-electron chi connectivity index (χ3n) is 2.96. The Kier molecular flexibility index (Phi) is 22.3. The van der Waals surface area contributed by atoms with Gasteiger partial charge in [-0.15, -0.1) is 11.1 Å². The number of hydrogen-bond acceptors (Lipinski definition) is 1. The molecule has 21 heavy (non-hydrogen) atoms. The normalized spacial score (nSPS) is 10.6. The van der Waals surface area contributed by atoms with Crippen molar-refractivity contribution in [2.45, 2.75) is 78.8 Å². The minimum absolute atomic E-state index is 0. The SMILES string of the molecule is CCC(C)(C)[N-]/C=C\[N-]C(C)(C)CC.CCC[N]=[W].[CH3-].[CH3-]. The van der Waals surface area contributed by atoms with Gasteiger partial charge in [-0.2, -0.15) is 0 Å². The van der Waals surface area contributed by atoms with Gasteiger partial charge in [-0.3, -0.25) is 0 Å². The van der Waals surface area contributed by atoms with Crippen LogP contribution >= 0.6 is 0 Å². The Morgan fingerprint density at radius 3 is 1.33 bits per heavy atom. The predicted molar refractivity (Wildman–Crippen MR) is 95.0 cm³/mol. The Labute approximate surface area is 146 Å². The maximum Gasteiger partial charge on any atom is -0.358 e. The monoisotopic (exact) mass is 467 g/mol. The fraction of sp³-hybridized carbons (Fsp3) is 0.765. The van der Waals surface area contributed by atoms with E-state index in [0.29, 0.717) is 0 Å². The van der Waals surface area contributed by atoms with Crippen LogP contribution in [-0.4, -0.2) is 17.6 Å². The molecule has 0 saturated carbocycles. The Morgan fingerprint density at radius 2 is 1.19 bits per heavy atom. The van der Waals surface area contributed by atoms with Crippen LogP contribution in [0, 0.1) is 14.9 Å². The van der Waals surface area contributed by atoms with Gasteiger partial charge in [0, 0.05) is 0 Å². The molecule has 0 radical (unpaired) electrons. The molecule has 0 aromatic heterocycles. The zero-order valence-corrected chi connectivity index (χ0v) is 18.7. The fourth-order valence-corrected chi connectivity index (χ4v) is 1.40. The van der Waals surface area contributed by atoms with Gasteiger partial charge in [0.15, 0.2) is 0 Å². The number of hydrogen-bond donors (Lipinski definition) is 0. The summed E-state index contributed by atoms with van der Waals surface area (Å²) in [5.74, 6) is 0. The Bertz CT molecular complexity index is 228. The maximum atomic E-state index is 4.44.